The maximum atomic E-state index is 12.6. The minimum Gasteiger partial charge on any atom is -0.378 e. The van der Waals surface area contributed by atoms with Gasteiger partial charge in [0.2, 0.25) is 5.91 Å². The smallest absolute Gasteiger partial charge is 0.261 e. The summed E-state index contributed by atoms with van der Waals surface area (Å²) in [6.45, 7) is 2.18. The molecule has 1 amide bonds. The predicted molar refractivity (Wildman–Crippen MR) is 73.0 cm³/mol. The quantitative estimate of drug-likeness (QED) is 0.771. The van der Waals surface area contributed by atoms with Crippen LogP contribution >= 0.6 is 0 Å². The minimum atomic E-state index is -3.78. The zero-order valence-electron chi connectivity index (χ0n) is 11.7. The molecule has 2 heterocycles. The van der Waals surface area contributed by atoms with Crippen LogP contribution in [0.1, 0.15) is 18.7 Å². The molecule has 21 heavy (non-hydrogen) atoms. The van der Waals surface area contributed by atoms with Gasteiger partial charge in [-0.15, -0.1) is 0 Å². The number of nitrogens with zero attached hydrogens (tertiary/aromatic N) is 2. The summed E-state index contributed by atoms with van der Waals surface area (Å²) in [5.74, 6) is 0.220. The molecule has 8 nitrogen and oxygen atoms in total. The van der Waals surface area contributed by atoms with E-state index in [1.165, 1.54) is 10.5 Å². The molecule has 9 heteroatoms. The van der Waals surface area contributed by atoms with E-state index >= 15 is 0 Å². The molecule has 1 saturated carbocycles. The van der Waals surface area contributed by atoms with Crippen LogP contribution in [0.5, 0.6) is 0 Å². The molecule has 0 spiro atoms. The molecule has 1 aromatic heterocycles. The van der Waals surface area contributed by atoms with Crippen LogP contribution < -0.4 is 5.32 Å². The fourth-order valence-electron chi connectivity index (χ4n) is 2.26. The van der Waals surface area contributed by atoms with E-state index in [0.29, 0.717) is 5.82 Å². The zero-order chi connectivity index (χ0) is 15.0. The van der Waals surface area contributed by atoms with Gasteiger partial charge in [0.05, 0.1) is 19.4 Å². The summed E-state index contributed by atoms with van der Waals surface area (Å²) in [5.41, 5.74) is 0. The van der Waals surface area contributed by atoms with Gasteiger partial charge in [-0.25, -0.2) is 13.4 Å². The fraction of sp³-hybridized carbons (Fsp3) is 0.667. The highest BCUT2D eigenvalue weighted by Gasteiger charge is 2.40. The first-order valence-corrected chi connectivity index (χ1v) is 8.34. The number of carbonyl (C=O) groups is 1. The number of hydrogen-bond acceptors (Lipinski definition) is 5. The van der Waals surface area contributed by atoms with E-state index in [9.17, 15) is 13.2 Å². The third-order valence-corrected chi connectivity index (χ3v) is 5.39. The summed E-state index contributed by atoms with van der Waals surface area (Å²) in [7, 11) is -3.78. The van der Waals surface area contributed by atoms with Gasteiger partial charge in [0, 0.05) is 12.6 Å². The number of aromatic nitrogens is 2. The molecule has 2 fully saturated rings. The topological polar surface area (TPSA) is 104 Å². The van der Waals surface area contributed by atoms with Gasteiger partial charge in [-0.05, 0) is 19.8 Å². The summed E-state index contributed by atoms with van der Waals surface area (Å²) in [6, 6.07) is -0.647. The van der Waals surface area contributed by atoms with Crippen molar-refractivity contribution in [1.82, 2.24) is 19.6 Å². The second kappa shape index (κ2) is 5.39. The first-order chi connectivity index (χ1) is 9.98. The first-order valence-electron chi connectivity index (χ1n) is 6.90. The number of ether oxygens (including phenoxy) is 1. The van der Waals surface area contributed by atoms with E-state index in [1.54, 1.807) is 6.92 Å². The first kappa shape index (κ1) is 14.5. The average Bonchev–Trinajstić information content (AvgIpc) is 3.16. The molecular formula is C12H18N4O4S. The molecule has 2 N–H and O–H groups in total. The van der Waals surface area contributed by atoms with Gasteiger partial charge in [0.1, 0.15) is 11.9 Å². The van der Waals surface area contributed by atoms with Crippen molar-refractivity contribution in [2.75, 3.05) is 19.8 Å². The normalized spacial score (nSPS) is 24.0. The lowest BCUT2D eigenvalue weighted by molar-refractivity contribution is -0.129. The van der Waals surface area contributed by atoms with Crippen molar-refractivity contribution in [1.29, 1.82) is 0 Å². The maximum Gasteiger partial charge on any atom is 0.261 e. The van der Waals surface area contributed by atoms with Crippen LogP contribution in [0.2, 0.25) is 0 Å². The Balaban J connectivity index is 1.84. The van der Waals surface area contributed by atoms with Gasteiger partial charge >= 0.3 is 0 Å². The van der Waals surface area contributed by atoms with Crippen molar-refractivity contribution in [2.24, 2.45) is 0 Å². The second-order valence-corrected chi connectivity index (χ2v) is 7.18. The van der Waals surface area contributed by atoms with E-state index in [-0.39, 0.29) is 36.7 Å². The highest BCUT2D eigenvalue weighted by Crippen LogP contribution is 2.22. The SMILES string of the molecule is Cc1ncc(S(=O)(=O)N2CCOCC2C(=O)NC2CC2)[nH]1. The Hall–Kier alpha value is -1.45. The maximum absolute atomic E-state index is 12.6. The van der Waals surface area contributed by atoms with Crippen molar-refractivity contribution in [3.05, 3.63) is 12.0 Å². The van der Waals surface area contributed by atoms with Crippen molar-refractivity contribution >= 4 is 15.9 Å². The van der Waals surface area contributed by atoms with Crippen LogP contribution in [0.25, 0.3) is 0 Å². The van der Waals surface area contributed by atoms with Gasteiger partial charge in [-0.2, -0.15) is 4.31 Å². The largest absolute Gasteiger partial charge is 0.378 e. The van der Waals surface area contributed by atoms with Gasteiger partial charge in [-0.1, -0.05) is 0 Å². The third-order valence-electron chi connectivity index (χ3n) is 3.57. The Morgan fingerprint density at radius 1 is 1.52 bits per heavy atom. The van der Waals surface area contributed by atoms with E-state index < -0.39 is 16.1 Å². The molecule has 1 atom stereocenters. The number of hydrogen-bond donors (Lipinski definition) is 2. The lowest BCUT2D eigenvalue weighted by Gasteiger charge is -2.33. The molecule has 1 saturated heterocycles. The van der Waals surface area contributed by atoms with Crippen LogP contribution in [-0.4, -0.2) is 60.4 Å². The van der Waals surface area contributed by atoms with Crippen LogP contribution in [-0.2, 0) is 19.6 Å². The number of amides is 1. The lowest BCUT2D eigenvalue weighted by Crippen LogP contribution is -2.56. The van der Waals surface area contributed by atoms with E-state index in [0.717, 1.165) is 12.8 Å². The molecule has 0 bridgehead atoms. The number of imidazole rings is 1. The van der Waals surface area contributed by atoms with Gasteiger partial charge < -0.3 is 15.0 Å². The van der Waals surface area contributed by atoms with E-state index in [2.05, 4.69) is 15.3 Å². The molecule has 116 valence electrons. The van der Waals surface area contributed by atoms with Crippen molar-refractivity contribution in [3.8, 4) is 0 Å². The summed E-state index contributed by atoms with van der Waals surface area (Å²) in [4.78, 5) is 18.8. The van der Waals surface area contributed by atoms with Crippen molar-refractivity contribution in [2.45, 2.75) is 36.9 Å². The summed E-state index contributed by atoms with van der Waals surface area (Å²) in [6.07, 6.45) is 3.17. The standard InChI is InChI=1S/C12H18N4O4S/c1-8-13-6-11(14-8)21(18,19)16-4-5-20-7-10(16)12(17)15-9-2-3-9/h6,9-10H,2-5,7H2,1H3,(H,13,14)(H,15,17). The molecule has 1 unspecified atom stereocenters. The Bertz CT molecular complexity index is 637. The lowest BCUT2D eigenvalue weighted by atomic mass is 10.2. The van der Waals surface area contributed by atoms with Crippen molar-refractivity contribution in [3.63, 3.8) is 0 Å². The number of aryl methyl sites for hydroxylation is 1. The Morgan fingerprint density at radius 2 is 2.29 bits per heavy atom. The molecule has 2 aliphatic rings. The molecule has 1 aromatic rings. The van der Waals surface area contributed by atoms with Crippen LogP contribution in [0.4, 0.5) is 0 Å². The van der Waals surface area contributed by atoms with Crippen LogP contribution in [0.3, 0.4) is 0 Å². The van der Waals surface area contributed by atoms with E-state index in [4.69, 9.17) is 4.74 Å². The molecule has 0 aromatic carbocycles. The van der Waals surface area contributed by atoms with E-state index in [1.807, 2.05) is 0 Å². The van der Waals surface area contributed by atoms with Crippen LogP contribution in [0, 0.1) is 6.92 Å². The molecule has 1 aliphatic heterocycles. The Labute approximate surface area is 122 Å². The van der Waals surface area contributed by atoms with Gasteiger partial charge in [-0.3, -0.25) is 4.79 Å². The number of morpholine rings is 1. The second-order valence-electron chi connectivity index (χ2n) is 5.32. The number of carbonyl (C=O) groups excluding carboxylic acids is 1. The van der Waals surface area contributed by atoms with Gasteiger partial charge in [0.15, 0.2) is 5.03 Å². The third kappa shape index (κ3) is 2.94. The highest BCUT2D eigenvalue weighted by atomic mass is 32.2. The fourth-order valence-corrected chi connectivity index (χ4v) is 3.79. The molecule has 3 rings (SSSR count). The number of aromatic amines is 1. The molecule has 1 aliphatic carbocycles. The molecule has 0 radical (unpaired) electrons. The number of nitrogens with one attached hydrogen (secondary N) is 2. The van der Waals surface area contributed by atoms with Gasteiger partial charge in [0.25, 0.3) is 10.0 Å². The minimum absolute atomic E-state index is 0.00567. The summed E-state index contributed by atoms with van der Waals surface area (Å²) in [5, 5.41) is 2.84. The Morgan fingerprint density at radius 3 is 2.90 bits per heavy atom. The monoisotopic (exact) mass is 314 g/mol. The highest BCUT2D eigenvalue weighted by molar-refractivity contribution is 7.89. The predicted octanol–water partition coefficient (Wildman–Crippen LogP) is -0.614. The zero-order valence-corrected chi connectivity index (χ0v) is 12.5. The Kier molecular flexibility index (Phi) is 3.72. The summed E-state index contributed by atoms with van der Waals surface area (Å²) < 4.78 is 31.7. The number of rotatable bonds is 4. The van der Waals surface area contributed by atoms with Crippen molar-refractivity contribution < 1.29 is 17.9 Å². The number of H-pyrrole nitrogens is 1. The average molecular weight is 314 g/mol. The number of sulfonamides is 1. The molecular weight excluding hydrogens is 296 g/mol. The summed E-state index contributed by atoms with van der Waals surface area (Å²) >= 11 is 0. The van der Waals surface area contributed by atoms with Crippen LogP contribution in [0.15, 0.2) is 11.2 Å².